The minimum absolute atomic E-state index is 0.120. The van der Waals surface area contributed by atoms with Gasteiger partial charge >= 0.3 is 5.97 Å². The number of benzene rings is 1. The maximum atomic E-state index is 12.2. The van der Waals surface area contributed by atoms with Crippen molar-refractivity contribution < 1.29 is 23.1 Å². The molecular formula is C12H11NO5S2. The van der Waals surface area contributed by atoms with Crippen LogP contribution in [0.25, 0.3) is 0 Å². The van der Waals surface area contributed by atoms with Gasteiger partial charge in [0.05, 0.1) is 23.5 Å². The standard InChI is InChI=1S/C12H11NO5S2/c1-18-9-2-4-10(5-3-9)20(16,17)7-8-6-19-11(13-8)12(14)15/h2-6H,7H2,1H3,(H,14,15). The number of rotatable bonds is 5. The Kier molecular flexibility index (Phi) is 4.05. The number of aromatic nitrogens is 1. The lowest BCUT2D eigenvalue weighted by Crippen LogP contribution is -2.06. The van der Waals surface area contributed by atoms with Crippen molar-refractivity contribution in [2.24, 2.45) is 0 Å². The monoisotopic (exact) mass is 313 g/mol. The molecule has 0 saturated carbocycles. The molecule has 0 aliphatic carbocycles. The molecule has 0 radical (unpaired) electrons. The van der Waals surface area contributed by atoms with Gasteiger partial charge in [0.1, 0.15) is 5.75 Å². The number of hydrogen-bond acceptors (Lipinski definition) is 6. The smallest absolute Gasteiger partial charge is 0.365 e. The number of carbonyl (C=O) groups is 1. The summed E-state index contributed by atoms with van der Waals surface area (Å²) in [6.45, 7) is 0. The molecule has 20 heavy (non-hydrogen) atoms. The van der Waals surface area contributed by atoms with Crippen LogP contribution in [0.4, 0.5) is 0 Å². The SMILES string of the molecule is COc1ccc(S(=O)(=O)Cc2csc(C(=O)O)n2)cc1. The number of aromatic carboxylic acids is 1. The highest BCUT2D eigenvalue weighted by Crippen LogP contribution is 2.20. The second-order valence-corrected chi connectivity index (χ2v) is 6.73. The summed E-state index contributed by atoms with van der Waals surface area (Å²) < 4.78 is 29.3. The third-order valence-corrected chi connectivity index (χ3v) is 5.04. The average molecular weight is 313 g/mol. The summed E-state index contributed by atoms with van der Waals surface area (Å²) in [6, 6.07) is 5.99. The first-order chi connectivity index (χ1) is 9.42. The Hall–Kier alpha value is -1.93. The highest BCUT2D eigenvalue weighted by molar-refractivity contribution is 7.90. The second kappa shape index (κ2) is 5.59. The zero-order valence-corrected chi connectivity index (χ0v) is 12.1. The third kappa shape index (κ3) is 3.14. The van der Waals surface area contributed by atoms with Crippen molar-refractivity contribution in [3.63, 3.8) is 0 Å². The number of carboxylic acid groups (broad SMARTS) is 1. The summed E-state index contributed by atoms with van der Waals surface area (Å²) in [6.07, 6.45) is 0. The highest BCUT2D eigenvalue weighted by Gasteiger charge is 2.18. The van der Waals surface area contributed by atoms with Crippen molar-refractivity contribution in [1.29, 1.82) is 0 Å². The first kappa shape index (κ1) is 14.5. The Morgan fingerprint density at radius 1 is 1.35 bits per heavy atom. The third-order valence-electron chi connectivity index (χ3n) is 2.49. The van der Waals surface area contributed by atoms with E-state index in [1.165, 1.54) is 24.6 Å². The molecule has 0 aliphatic heterocycles. The number of nitrogens with zero attached hydrogens (tertiary/aromatic N) is 1. The van der Waals surface area contributed by atoms with Gasteiger partial charge in [-0.25, -0.2) is 18.2 Å². The van der Waals surface area contributed by atoms with Crippen molar-refractivity contribution in [1.82, 2.24) is 4.98 Å². The quantitative estimate of drug-likeness (QED) is 0.905. The Bertz CT molecular complexity index is 719. The number of carboxylic acids is 1. The van der Waals surface area contributed by atoms with Gasteiger partial charge in [0.25, 0.3) is 0 Å². The fourth-order valence-electron chi connectivity index (χ4n) is 1.53. The van der Waals surface area contributed by atoms with Gasteiger partial charge in [0, 0.05) is 5.38 Å². The molecule has 1 N–H and O–H groups in total. The number of sulfone groups is 1. The minimum Gasteiger partial charge on any atom is -0.497 e. The van der Waals surface area contributed by atoms with E-state index in [-0.39, 0.29) is 21.3 Å². The highest BCUT2D eigenvalue weighted by atomic mass is 32.2. The van der Waals surface area contributed by atoms with Gasteiger partial charge < -0.3 is 9.84 Å². The molecule has 0 spiro atoms. The van der Waals surface area contributed by atoms with E-state index >= 15 is 0 Å². The maximum absolute atomic E-state index is 12.2. The first-order valence-electron chi connectivity index (χ1n) is 5.47. The summed E-state index contributed by atoms with van der Waals surface area (Å²) in [5, 5.41) is 10.1. The molecule has 1 aromatic heterocycles. The lowest BCUT2D eigenvalue weighted by Gasteiger charge is -2.04. The Labute approximate surface area is 119 Å². The zero-order chi connectivity index (χ0) is 14.8. The van der Waals surface area contributed by atoms with Gasteiger partial charge in [0.2, 0.25) is 5.01 Å². The Balaban J connectivity index is 2.23. The molecule has 0 bridgehead atoms. The zero-order valence-electron chi connectivity index (χ0n) is 10.4. The predicted molar refractivity (Wildman–Crippen MR) is 73.0 cm³/mol. The average Bonchev–Trinajstić information content (AvgIpc) is 2.87. The van der Waals surface area contributed by atoms with Crippen LogP contribution in [0.15, 0.2) is 34.5 Å². The molecule has 106 valence electrons. The normalized spacial score (nSPS) is 11.2. The molecule has 0 fully saturated rings. The first-order valence-corrected chi connectivity index (χ1v) is 8.00. The molecule has 0 amide bonds. The molecule has 1 heterocycles. The van der Waals surface area contributed by atoms with Crippen molar-refractivity contribution in [2.45, 2.75) is 10.6 Å². The molecule has 2 rings (SSSR count). The topological polar surface area (TPSA) is 93.6 Å². The molecule has 1 aromatic carbocycles. The Morgan fingerprint density at radius 2 is 2.00 bits per heavy atom. The van der Waals surface area contributed by atoms with Crippen molar-refractivity contribution >= 4 is 27.1 Å². The van der Waals surface area contributed by atoms with Crippen LogP contribution < -0.4 is 4.74 Å². The van der Waals surface area contributed by atoms with Crippen LogP contribution in [0.5, 0.6) is 5.75 Å². The van der Waals surface area contributed by atoms with Crippen molar-refractivity contribution in [3.05, 3.63) is 40.3 Å². The lowest BCUT2D eigenvalue weighted by atomic mass is 10.3. The van der Waals surface area contributed by atoms with Crippen LogP contribution in [0.3, 0.4) is 0 Å². The van der Waals surface area contributed by atoms with Crippen LogP contribution in [0.1, 0.15) is 15.5 Å². The summed E-state index contributed by atoms with van der Waals surface area (Å²) in [5.74, 6) is -0.933. The number of ether oxygens (including phenoxy) is 1. The van der Waals surface area contributed by atoms with E-state index in [1.54, 1.807) is 12.1 Å². The molecular weight excluding hydrogens is 302 g/mol. The van der Waals surface area contributed by atoms with Crippen molar-refractivity contribution in [2.75, 3.05) is 7.11 Å². The van der Waals surface area contributed by atoms with Crippen LogP contribution in [-0.4, -0.2) is 31.6 Å². The van der Waals surface area contributed by atoms with Gasteiger partial charge in [-0.1, -0.05) is 0 Å². The van der Waals surface area contributed by atoms with E-state index in [1.807, 2.05) is 0 Å². The molecule has 0 saturated heterocycles. The van der Waals surface area contributed by atoms with Crippen molar-refractivity contribution in [3.8, 4) is 5.75 Å². The number of methoxy groups -OCH3 is 1. The summed E-state index contributed by atoms with van der Waals surface area (Å²) in [4.78, 5) is 14.6. The van der Waals surface area contributed by atoms with Gasteiger partial charge in [-0.3, -0.25) is 0 Å². The summed E-state index contributed by atoms with van der Waals surface area (Å²) in [5.41, 5.74) is 0.225. The van der Waals surface area contributed by atoms with Gasteiger partial charge in [-0.05, 0) is 24.3 Å². The second-order valence-electron chi connectivity index (χ2n) is 3.88. The van der Waals surface area contributed by atoms with Gasteiger partial charge in [-0.2, -0.15) is 0 Å². The predicted octanol–water partition coefficient (Wildman–Crippen LogP) is 1.82. The molecule has 6 nitrogen and oxygen atoms in total. The van der Waals surface area contributed by atoms with Crippen LogP contribution in [0, 0.1) is 0 Å². The van der Waals surface area contributed by atoms with E-state index in [0.717, 1.165) is 11.3 Å². The van der Waals surface area contributed by atoms with E-state index in [0.29, 0.717) is 5.75 Å². The van der Waals surface area contributed by atoms with Crippen LogP contribution >= 0.6 is 11.3 Å². The fraction of sp³-hybridized carbons (Fsp3) is 0.167. The Morgan fingerprint density at radius 3 is 2.50 bits per heavy atom. The maximum Gasteiger partial charge on any atom is 0.365 e. The molecule has 0 unspecified atom stereocenters. The lowest BCUT2D eigenvalue weighted by molar-refractivity contribution is 0.0696. The fourth-order valence-corrected chi connectivity index (χ4v) is 3.55. The molecule has 0 atom stereocenters. The molecule has 2 aromatic rings. The molecule has 8 heteroatoms. The number of thiazole rings is 1. The van der Waals surface area contributed by atoms with E-state index in [9.17, 15) is 13.2 Å². The van der Waals surface area contributed by atoms with Gasteiger partial charge in [0.15, 0.2) is 9.84 Å². The summed E-state index contributed by atoms with van der Waals surface area (Å²) >= 11 is 0.905. The van der Waals surface area contributed by atoms with E-state index < -0.39 is 15.8 Å². The van der Waals surface area contributed by atoms with Crippen LogP contribution in [-0.2, 0) is 15.6 Å². The van der Waals surface area contributed by atoms with E-state index in [2.05, 4.69) is 4.98 Å². The molecule has 0 aliphatic rings. The number of hydrogen-bond donors (Lipinski definition) is 1. The van der Waals surface area contributed by atoms with Crippen LogP contribution in [0.2, 0.25) is 0 Å². The van der Waals surface area contributed by atoms with E-state index in [4.69, 9.17) is 9.84 Å². The van der Waals surface area contributed by atoms with Gasteiger partial charge in [-0.15, -0.1) is 11.3 Å². The largest absolute Gasteiger partial charge is 0.497 e. The summed E-state index contributed by atoms with van der Waals surface area (Å²) in [7, 11) is -2.06. The minimum atomic E-state index is -3.56.